The van der Waals surface area contributed by atoms with Crippen molar-refractivity contribution in [1.29, 1.82) is 5.26 Å². The molecule has 0 aliphatic carbocycles. The summed E-state index contributed by atoms with van der Waals surface area (Å²) in [5, 5.41) is 9.63. The third-order valence-electron chi connectivity index (χ3n) is 4.61. The summed E-state index contributed by atoms with van der Waals surface area (Å²) >= 11 is 0. The van der Waals surface area contributed by atoms with Gasteiger partial charge in [-0.1, -0.05) is 6.07 Å². The lowest BCUT2D eigenvalue weighted by Crippen LogP contribution is -2.49. The Morgan fingerprint density at radius 2 is 2.00 bits per heavy atom. The fourth-order valence-electron chi connectivity index (χ4n) is 3.26. The molecule has 7 heteroatoms. The number of nitrogens with zero attached hydrogens (tertiary/aromatic N) is 4. The molecule has 0 radical (unpaired) electrons. The molecule has 0 atom stereocenters. The van der Waals surface area contributed by atoms with Crippen molar-refractivity contribution in [2.45, 2.75) is 0 Å². The number of rotatable bonds is 2. The molecule has 0 unspecified atom stereocenters. The van der Waals surface area contributed by atoms with E-state index in [1.165, 1.54) is 6.07 Å². The Labute approximate surface area is 149 Å². The molecule has 3 aromatic rings. The molecule has 1 aliphatic heterocycles. The lowest BCUT2D eigenvalue weighted by Gasteiger charge is -2.35. The quantitative estimate of drug-likeness (QED) is 0.771. The molecule has 4 rings (SSSR count). The zero-order chi connectivity index (χ0) is 18.1. The van der Waals surface area contributed by atoms with Crippen LogP contribution in [0.15, 0.2) is 42.6 Å². The largest absolute Gasteiger partial charge is 0.352 e. The number of H-pyrrole nitrogens is 1. The molecular weight excluding hydrogens is 333 g/mol. The first-order valence-electron chi connectivity index (χ1n) is 8.34. The molecule has 1 fully saturated rings. The number of hydrogen-bond acceptors (Lipinski definition) is 4. The summed E-state index contributed by atoms with van der Waals surface area (Å²) in [4.78, 5) is 23.8. The van der Waals surface area contributed by atoms with Gasteiger partial charge >= 0.3 is 0 Å². The number of halogens is 1. The fourth-order valence-corrected chi connectivity index (χ4v) is 3.26. The monoisotopic (exact) mass is 349 g/mol. The molecule has 26 heavy (non-hydrogen) atoms. The first kappa shape index (κ1) is 16.1. The summed E-state index contributed by atoms with van der Waals surface area (Å²) in [7, 11) is 0. The van der Waals surface area contributed by atoms with Gasteiger partial charge < -0.3 is 14.8 Å². The van der Waals surface area contributed by atoms with Gasteiger partial charge in [-0.15, -0.1) is 0 Å². The van der Waals surface area contributed by atoms with E-state index < -0.39 is 0 Å². The molecule has 0 spiro atoms. The number of carbonyl (C=O) groups is 1. The second kappa shape index (κ2) is 6.48. The van der Waals surface area contributed by atoms with Crippen LogP contribution in [0, 0.1) is 17.1 Å². The highest BCUT2D eigenvalue weighted by Gasteiger charge is 2.25. The van der Waals surface area contributed by atoms with Gasteiger partial charge in [-0.05, 0) is 30.3 Å². The van der Waals surface area contributed by atoms with Crippen molar-refractivity contribution in [3.8, 4) is 6.07 Å². The van der Waals surface area contributed by atoms with Gasteiger partial charge in [0.1, 0.15) is 23.4 Å². The molecule has 6 nitrogen and oxygen atoms in total. The van der Waals surface area contributed by atoms with Crippen LogP contribution in [0.1, 0.15) is 16.1 Å². The van der Waals surface area contributed by atoms with Crippen molar-refractivity contribution in [3.63, 3.8) is 0 Å². The summed E-state index contributed by atoms with van der Waals surface area (Å²) in [6.07, 6.45) is 1.66. The molecule has 1 amide bonds. The molecule has 2 aromatic heterocycles. The molecular formula is C19H16FN5O. The first-order chi connectivity index (χ1) is 12.7. The highest BCUT2D eigenvalue weighted by molar-refractivity contribution is 5.98. The minimum atomic E-state index is -0.346. The van der Waals surface area contributed by atoms with E-state index in [0.29, 0.717) is 54.2 Å². The van der Waals surface area contributed by atoms with Crippen molar-refractivity contribution in [1.82, 2.24) is 14.9 Å². The second-order valence-electron chi connectivity index (χ2n) is 6.15. The molecule has 0 saturated carbocycles. The summed E-state index contributed by atoms with van der Waals surface area (Å²) in [5.74, 6) is 0.151. The van der Waals surface area contributed by atoms with Crippen LogP contribution in [0.4, 0.5) is 10.2 Å². The highest BCUT2D eigenvalue weighted by atomic mass is 19.1. The molecule has 1 saturated heterocycles. The predicted molar refractivity (Wildman–Crippen MR) is 95.3 cm³/mol. The van der Waals surface area contributed by atoms with Crippen molar-refractivity contribution in [2.75, 3.05) is 31.1 Å². The number of fused-ring (bicyclic) bond motifs is 1. The number of hydrogen-bond donors (Lipinski definition) is 1. The molecule has 0 bridgehead atoms. The second-order valence-corrected chi connectivity index (χ2v) is 6.15. The number of aromatic nitrogens is 2. The Balaban J connectivity index is 1.50. The van der Waals surface area contributed by atoms with E-state index in [1.807, 2.05) is 4.90 Å². The molecule has 130 valence electrons. The number of amides is 1. The van der Waals surface area contributed by atoms with Gasteiger partial charge in [-0.25, -0.2) is 9.37 Å². The average Bonchev–Trinajstić information content (AvgIpc) is 3.13. The van der Waals surface area contributed by atoms with Crippen LogP contribution in [-0.4, -0.2) is 47.0 Å². The zero-order valence-electron chi connectivity index (χ0n) is 13.9. The predicted octanol–water partition coefficient (Wildman–Crippen LogP) is 2.54. The molecule has 1 aliphatic rings. The van der Waals surface area contributed by atoms with Crippen LogP contribution in [-0.2, 0) is 0 Å². The van der Waals surface area contributed by atoms with Gasteiger partial charge in [-0.3, -0.25) is 4.79 Å². The normalized spacial score (nSPS) is 14.5. The van der Waals surface area contributed by atoms with E-state index >= 15 is 0 Å². The third-order valence-corrected chi connectivity index (χ3v) is 4.61. The Kier molecular flexibility index (Phi) is 4.01. The van der Waals surface area contributed by atoms with Gasteiger partial charge in [0, 0.05) is 43.3 Å². The number of benzene rings is 1. The average molecular weight is 349 g/mol. The zero-order valence-corrected chi connectivity index (χ0v) is 13.9. The highest BCUT2D eigenvalue weighted by Crippen LogP contribution is 2.21. The Hall–Kier alpha value is -3.40. The Bertz CT molecular complexity index is 1010. The minimum absolute atomic E-state index is 0.151. The summed E-state index contributed by atoms with van der Waals surface area (Å²) in [6, 6.07) is 11.9. The standard InChI is InChI=1S/C19H16FN5O/c20-15-4-1-5-16-14(15)11-17(23-16)19(26)25-9-7-24(8-10-25)18-13(12-21)3-2-6-22-18/h1-6,11,23H,7-10H2. The van der Waals surface area contributed by atoms with Crippen LogP contribution < -0.4 is 4.90 Å². The molecule has 1 N–H and O–H groups in total. The Morgan fingerprint density at radius 1 is 1.19 bits per heavy atom. The summed E-state index contributed by atoms with van der Waals surface area (Å²) in [6.45, 7) is 2.20. The van der Waals surface area contributed by atoms with Crippen LogP contribution in [0.25, 0.3) is 10.9 Å². The van der Waals surface area contributed by atoms with E-state index in [9.17, 15) is 14.4 Å². The van der Waals surface area contributed by atoms with Crippen molar-refractivity contribution in [2.24, 2.45) is 0 Å². The maximum Gasteiger partial charge on any atom is 0.270 e. The first-order valence-corrected chi connectivity index (χ1v) is 8.34. The lowest BCUT2D eigenvalue weighted by molar-refractivity contribution is 0.0741. The van der Waals surface area contributed by atoms with Crippen molar-refractivity contribution < 1.29 is 9.18 Å². The lowest BCUT2D eigenvalue weighted by atomic mass is 10.2. The van der Waals surface area contributed by atoms with Gasteiger partial charge in [0.2, 0.25) is 0 Å². The number of anilines is 1. The van der Waals surface area contributed by atoms with E-state index in [1.54, 1.807) is 41.4 Å². The van der Waals surface area contributed by atoms with E-state index in [-0.39, 0.29) is 11.7 Å². The van der Waals surface area contributed by atoms with Crippen LogP contribution >= 0.6 is 0 Å². The fraction of sp³-hybridized carbons (Fsp3) is 0.211. The number of piperazine rings is 1. The van der Waals surface area contributed by atoms with E-state index in [2.05, 4.69) is 16.0 Å². The number of carbonyl (C=O) groups excluding carboxylic acids is 1. The van der Waals surface area contributed by atoms with Gasteiger partial charge in [-0.2, -0.15) is 5.26 Å². The number of nitrogens with one attached hydrogen (secondary N) is 1. The Morgan fingerprint density at radius 3 is 2.73 bits per heavy atom. The number of pyridine rings is 1. The van der Waals surface area contributed by atoms with Gasteiger partial charge in [0.25, 0.3) is 5.91 Å². The topological polar surface area (TPSA) is 76.0 Å². The minimum Gasteiger partial charge on any atom is -0.352 e. The maximum absolute atomic E-state index is 13.8. The van der Waals surface area contributed by atoms with E-state index in [4.69, 9.17) is 0 Å². The van der Waals surface area contributed by atoms with Crippen LogP contribution in [0.2, 0.25) is 0 Å². The SMILES string of the molecule is N#Cc1cccnc1N1CCN(C(=O)c2cc3c(F)cccc3[nH]2)CC1. The summed E-state index contributed by atoms with van der Waals surface area (Å²) in [5.41, 5.74) is 1.52. The van der Waals surface area contributed by atoms with Crippen LogP contribution in [0.3, 0.4) is 0 Å². The third kappa shape index (κ3) is 2.75. The molecule has 3 heterocycles. The maximum atomic E-state index is 13.8. The molecule has 1 aromatic carbocycles. The van der Waals surface area contributed by atoms with Crippen LogP contribution in [0.5, 0.6) is 0 Å². The van der Waals surface area contributed by atoms with Crippen molar-refractivity contribution >= 4 is 22.6 Å². The number of aromatic amines is 1. The number of nitriles is 1. The van der Waals surface area contributed by atoms with Gasteiger partial charge in [0.15, 0.2) is 0 Å². The smallest absolute Gasteiger partial charge is 0.270 e. The summed E-state index contributed by atoms with van der Waals surface area (Å²) < 4.78 is 13.8. The van der Waals surface area contributed by atoms with Crippen molar-refractivity contribution in [3.05, 3.63) is 59.7 Å². The van der Waals surface area contributed by atoms with E-state index in [0.717, 1.165) is 0 Å². The van der Waals surface area contributed by atoms with Gasteiger partial charge in [0.05, 0.1) is 5.56 Å².